The van der Waals surface area contributed by atoms with E-state index in [2.05, 4.69) is 5.32 Å². The standard InChI is InChI=1S/C29H35N3O6S/c1-5-25(29(34)30-6-2)31(20-22-13-9-7-10-14-22)28(33)21-32(39(35,36)24-15-11-8-12-16-24)26-19-23(37-3)17-18-27(26)38-4/h7-19,25H,5-6,20-21H2,1-4H3,(H,30,34)/t25-/m0/s1. The Bertz CT molecular complexity index is 1350. The maximum Gasteiger partial charge on any atom is 0.264 e. The van der Waals surface area contributed by atoms with Gasteiger partial charge in [-0.15, -0.1) is 0 Å². The molecule has 0 unspecified atom stereocenters. The Balaban J connectivity index is 2.13. The maximum absolute atomic E-state index is 14.0. The number of methoxy groups -OCH3 is 2. The third-order valence-corrected chi connectivity index (χ3v) is 7.97. The first kappa shape index (κ1) is 29.5. The highest BCUT2D eigenvalue weighted by Gasteiger charge is 2.34. The fourth-order valence-electron chi connectivity index (χ4n) is 4.22. The highest BCUT2D eigenvalue weighted by atomic mass is 32.2. The van der Waals surface area contributed by atoms with Crippen molar-refractivity contribution < 1.29 is 27.5 Å². The van der Waals surface area contributed by atoms with E-state index in [0.29, 0.717) is 18.7 Å². The van der Waals surface area contributed by atoms with Crippen LogP contribution in [0, 0.1) is 0 Å². The second kappa shape index (κ2) is 13.7. The van der Waals surface area contributed by atoms with E-state index in [1.807, 2.05) is 37.3 Å². The summed E-state index contributed by atoms with van der Waals surface area (Å²) >= 11 is 0. The Morgan fingerprint density at radius 3 is 2.10 bits per heavy atom. The summed E-state index contributed by atoms with van der Waals surface area (Å²) in [5.74, 6) is -0.211. The Morgan fingerprint density at radius 1 is 0.897 bits per heavy atom. The van der Waals surface area contributed by atoms with Gasteiger partial charge in [0.15, 0.2) is 0 Å². The van der Waals surface area contributed by atoms with E-state index >= 15 is 0 Å². The van der Waals surface area contributed by atoms with Crippen LogP contribution in [-0.4, -0.2) is 58.5 Å². The Hall–Kier alpha value is -4.05. The molecule has 0 saturated heterocycles. The minimum atomic E-state index is -4.23. The zero-order valence-electron chi connectivity index (χ0n) is 22.7. The van der Waals surface area contributed by atoms with Crippen LogP contribution in [0.15, 0.2) is 83.8 Å². The van der Waals surface area contributed by atoms with Crippen molar-refractivity contribution >= 4 is 27.5 Å². The van der Waals surface area contributed by atoms with Crippen molar-refractivity contribution in [3.63, 3.8) is 0 Å². The van der Waals surface area contributed by atoms with Crippen LogP contribution in [0.3, 0.4) is 0 Å². The van der Waals surface area contributed by atoms with Gasteiger partial charge in [0.05, 0.1) is 24.8 Å². The largest absolute Gasteiger partial charge is 0.497 e. The van der Waals surface area contributed by atoms with Gasteiger partial charge < -0.3 is 19.7 Å². The van der Waals surface area contributed by atoms with Gasteiger partial charge in [0.2, 0.25) is 11.8 Å². The Labute approximate surface area is 230 Å². The summed E-state index contributed by atoms with van der Waals surface area (Å²) < 4.78 is 39.8. The van der Waals surface area contributed by atoms with E-state index in [0.717, 1.165) is 9.87 Å². The molecule has 0 radical (unpaired) electrons. The first-order valence-corrected chi connectivity index (χ1v) is 14.1. The number of hydrogen-bond donors (Lipinski definition) is 1. The molecule has 1 atom stereocenters. The monoisotopic (exact) mass is 553 g/mol. The van der Waals surface area contributed by atoms with Gasteiger partial charge in [-0.05, 0) is 43.2 Å². The summed E-state index contributed by atoms with van der Waals surface area (Å²) in [5, 5.41) is 2.79. The number of amides is 2. The number of nitrogens with one attached hydrogen (secondary N) is 1. The van der Waals surface area contributed by atoms with Gasteiger partial charge >= 0.3 is 0 Å². The van der Waals surface area contributed by atoms with Crippen molar-refractivity contribution in [1.29, 1.82) is 0 Å². The number of rotatable bonds is 13. The lowest BCUT2D eigenvalue weighted by molar-refractivity contribution is -0.140. The van der Waals surface area contributed by atoms with E-state index in [-0.39, 0.29) is 28.8 Å². The highest BCUT2D eigenvalue weighted by molar-refractivity contribution is 7.92. The van der Waals surface area contributed by atoms with Crippen molar-refractivity contribution in [3.8, 4) is 11.5 Å². The van der Waals surface area contributed by atoms with E-state index in [1.54, 1.807) is 37.3 Å². The lowest BCUT2D eigenvalue weighted by atomic mass is 10.1. The average molecular weight is 554 g/mol. The zero-order chi connectivity index (χ0) is 28.4. The number of ether oxygens (including phenoxy) is 2. The summed E-state index contributed by atoms with van der Waals surface area (Å²) in [6.07, 6.45) is 0.346. The smallest absolute Gasteiger partial charge is 0.264 e. The molecule has 2 amide bonds. The average Bonchev–Trinajstić information content (AvgIpc) is 2.96. The van der Waals surface area contributed by atoms with Gasteiger partial charge in [-0.1, -0.05) is 55.5 Å². The van der Waals surface area contributed by atoms with Crippen LogP contribution >= 0.6 is 0 Å². The molecule has 0 aliphatic heterocycles. The molecular weight excluding hydrogens is 518 g/mol. The molecule has 208 valence electrons. The molecule has 0 aromatic heterocycles. The lowest BCUT2D eigenvalue weighted by Crippen LogP contribution is -2.52. The number of sulfonamides is 1. The summed E-state index contributed by atoms with van der Waals surface area (Å²) in [7, 11) is -1.34. The first-order chi connectivity index (χ1) is 18.8. The molecule has 0 bridgehead atoms. The van der Waals surface area contributed by atoms with Gasteiger partial charge in [0.1, 0.15) is 24.1 Å². The topological polar surface area (TPSA) is 105 Å². The molecule has 39 heavy (non-hydrogen) atoms. The van der Waals surface area contributed by atoms with E-state index in [1.165, 1.54) is 37.3 Å². The van der Waals surface area contributed by atoms with Crippen LogP contribution in [0.5, 0.6) is 11.5 Å². The molecule has 1 N–H and O–H groups in total. The Morgan fingerprint density at radius 2 is 1.54 bits per heavy atom. The minimum Gasteiger partial charge on any atom is -0.497 e. The molecule has 0 spiro atoms. The van der Waals surface area contributed by atoms with Gasteiger partial charge in [-0.3, -0.25) is 13.9 Å². The Kier molecular flexibility index (Phi) is 10.3. The number of hydrogen-bond acceptors (Lipinski definition) is 6. The SMILES string of the molecule is CCNC(=O)[C@H](CC)N(Cc1ccccc1)C(=O)CN(c1cc(OC)ccc1OC)S(=O)(=O)c1ccccc1. The van der Waals surface area contributed by atoms with Crippen LogP contribution in [0.4, 0.5) is 5.69 Å². The fourth-order valence-corrected chi connectivity index (χ4v) is 5.65. The molecule has 9 nitrogen and oxygen atoms in total. The number of carbonyl (C=O) groups excluding carboxylic acids is 2. The quantitative estimate of drug-likeness (QED) is 0.345. The van der Waals surface area contributed by atoms with Crippen LogP contribution in [0.1, 0.15) is 25.8 Å². The molecular formula is C29H35N3O6S. The molecule has 0 aliphatic rings. The van der Waals surface area contributed by atoms with E-state index < -0.39 is 28.5 Å². The van der Waals surface area contributed by atoms with Crippen molar-refractivity contribution in [3.05, 3.63) is 84.4 Å². The van der Waals surface area contributed by atoms with Crippen LogP contribution < -0.4 is 19.1 Å². The van der Waals surface area contributed by atoms with Crippen molar-refractivity contribution in [2.24, 2.45) is 0 Å². The molecule has 0 fully saturated rings. The molecule has 3 rings (SSSR count). The molecule has 0 aliphatic carbocycles. The summed E-state index contributed by atoms with van der Waals surface area (Å²) in [6.45, 7) is 3.58. The lowest BCUT2D eigenvalue weighted by Gasteiger charge is -2.33. The van der Waals surface area contributed by atoms with Crippen molar-refractivity contribution in [1.82, 2.24) is 10.2 Å². The predicted molar refractivity (Wildman–Crippen MR) is 150 cm³/mol. The second-order valence-corrected chi connectivity index (χ2v) is 10.6. The van der Waals surface area contributed by atoms with Crippen LogP contribution in [-0.2, 0) is 26.2 Å². The predicted octanol–water partition coefficient (Wildman–Crippen LogP) is 3.84. The summed E-state index contributed by atoms with van der Waals surface area (Å²) in [6, 6.07) is 21.0. The molecule has 0 saturated carbocycles. The third kappa shape index (κ3) is 7.08. The maximum atomic E-state index is 14.0. The second-order valence-electron chi connectivity index (χ2n) is 8.69. The van der Waals surface area contributed by atoms with E-state index in [4.69, 9.17) is 9.47 Å². The van der Waals surface area contributed by atoms with E-state index in [9.17, 15) is 18.0 Å². The number of likely N-dealkylation sites (N-methyl/N-ethyl adjacent to an activating group) is 1. The third-order valence-electron chi connectivity index (χ3n) is 6.20. The number of anilines is 1. The van der Waals surface area contributed by atoms with Crippen LogP contribution in [0.25, 0.3) is 0 Å². The fraction of sp³-hybridized carbons (Fsp3) is 0.310. The van der Waals surface area contributed by atoms with Gasteiger partial charge in [0, 0.05) is 19.2 Å². The number of carbonyl (C=O) groups is 2. The number of nitrogens with zero attached hydrogens (tertiary/aromatic N) is 2. The number of benzene rings is 3. The van der Waals surface area contributed by atoms with Gasteiger partial charge in [0.25, 0.3) is 10.0 Å². The first-order valence-electron chi connectivity index (χ1n) is 12.7. The molecule has 10 heteroatoms. The highest BCUT2D eigenvalue weighted by Crippen LogP contribution is 2.36. The summed E-state index contributed by atoms with van der Waals surface area (Å²) in [5.41, 5.74) is 0.949. The van der Waals surface area contributed by atoms with Crippen molar-refractivity contribution in [2.45, 2.75) is 37.8 Å². The minimum absolute atomic E-state index is 0.00745. The zero-order valence-corrected chi connectivity index (χ0v) is 23.5. The van der Waals surface area contributed by atoms with Crippen LogP contribution in [0.2, 0.25) is 0 Å². The van der Waals surface area contributed by atoms with Gasteiger partial charge in [-0.2, -0.15) is 0 Å². The molecule has 3 aromatic rings. The normalized spacial score (nSPS) is 11.8. The van der Waals surface area contributed by atoms with Crippen molar-refractivity contribution in [2.75, 3.05) is 31.6 Å². The molecule has 0 heterocycles. The summed E-state index contributed by atoms with van der Waals surface area (Å²) in [4.78, 5) is 28.5. The van der Waals surface area contributed by atoms with Gasteiger partial charge in [-0.25, -0.2) is 8.42 Å². The molecule has 3 aromatic carbocycles.